The van der Waals surface area contributed by atoms with Crippen molar-refractivity contribution in [1.29, 1.82) is 0 Å². The van der Waals surface area contributed by atoms with E-state index in [1.54, 1.807) is 30.4 Å². The molecule has 1 heterocycles. The zero-order valence-electron chi connectivity index (χ0n) is 9.34. The highest BCUT2D eigenvalue weighted by molar-refractivity contribution is 7.07. The van der Waals surface area contributed by atoms with Gasteiger partial charge >= 0.3 is 0 Å². The molecule has 1 N–H and O–H groups in total. The standard InChI is InChI=1S/C12H12N2O2S/c1-9-6-11(2-3-12(9)14(15)16)13-7-10-4-5-17-8-10/h2-6,8,13H,7H2,1H3. The topological polar surface area (TPSA) is 55.2 Å². The van der Waals surface area contributed by atoms with Crippen LogP contribution in [0.1, 0.15) is 11.1 Å². The van der Waals surface area contributed by atoms with E-state index in [2.05, 4.69) is 16.8 Å². The number of rotatable bonds is 4. The first-order valence-corrected chi connectivity index (χ1v) is 6.11. The number of nitrogens with one attached hydrogen (secondary N) is 1. The molecule has 0 amide bonds. The molecule has 1 aromatic carbocycles. The molecular formula is C12H12N2O2S. The van der Waals surface area contributed by atoms with Gasteiger partial charge in [-0.2, -0.15) is 11.3 Å². The van der Waals surface area contributed by atoms with Gasteiger partial charge in [-0.05, 0) is 41.4 Å². The van der Waals surface area contributed by atoms with Gasteiger partial charge in [0.05, 0.1) is 4.92 Å². The molecule has 0 atom stereocenters. The molecule has 1 aromatic heterocycles. The first-order valence-electron chi connectivity index (χ1n) is 5.17. The van der Waals surface area contributed by atoms with Gasteiger partial charge in [-0.25, -0.2) is 0 Å². The van der Waals surface area contributed by atoms with Gasteiger partial charge < -0.3 is 5.32 Å². The molecule has 4 nitrogen and oxygen atoms in total. The summed E-state index contributed by atoms with van der Waals surface area (Å²) in [7, 11) is 0. The highest BCUT2D eigenvalue weighted by Gasteiger charge is 2.09. The summed E-state index contributed by atoms with van der Waals surface area (Å²) in [6.07, 6.45) is 0. The van der Waals surface area contributed by atoms with Crippen molar-refractivity contribution in [2.45, 2.75) is 13.5 Å². The third kappa shape index (κ3) is 2.82. The number of anilines is 1. The molecule has 0 saturated carbocycles. The Morgan fingerprint density at radius 1 is 1.41 bits per heavy atom. The van der Waals surface area contributed by atoms with Crippen LogP contribution in [0.5, 0.6) is 0 Å². The average Bonchev–Trinajstić information content (AvgIpc) is 2.78. The summed E-state index contributed by atoms with van der Waals surface area (Å²) in [5, 5.41) is 18.0. The smallest absolute Gasteiger partial charge is 0.272 e. The largest absolute Gasteiger partial charge is 0.381 e. The molecule has 2 aromatic rings. The molecule has 0 fully saturated rings. The van der Waals surface area contributed by atoms with Gasteiger partial charge in [0.15, 0.2) is 0 Å². The Balaban J connectivity index is 2.07. The molecule has 5 heteroatoms. The van der Waals surface area contributed by atoms with Gasteiger partial charge in [-0.3, -0.25) is 10.1 Å². The maximum Gasteiger partial charge on any atom is 0.272 e. The Kier molecular flexibility index (Phi) is 3.39. The van der Waals surface area contributed by atoms with E-state index in [4.69, 9.17) is 0 Å². The van der Waals surface area contributed by atoms with Crippen molar-refractivity contribution in [1.82, 2.24) is 0 Å². The zero-order chi connectivity index (χ0) is 12.3. The van der Waals surface area contributed by atoms with E-state index < -0.39 is 0 Å². The Hall–Kier alpha value is -1.88. The van der Waals surface area contributed by atoms with E-state index in [1.165, 1.54) is 11.6 Å². The van der Waals surface area contributed by atoms with Crippen LogP contribution in [0.15, 0.2) is 35.0 Å². The minimum Gasteiger partial charge on any atom is -0.381 e. The summed E-state index contributed by atoms with van der Waals surface area (Å²) in [5.74, 6) is 0. The van der Waals surface area contributed by atoms with Gasteiger partial charge in [0, 0.05) is 23.9 Å². The number of nitro benzene ring substituents is 1. The fourth-order valence-corrected chi connectivity index (χ4v) is 2.24. The monoisotopic (exact) mass is 248 g/mol. The van der Waals surface area contributed by atoms with Gasteiger partial charge in [0.1, 0.15) is 0 Å². The van der Waals surface area contributed by atoms with Crippen LogP contribution >= 0.6 is 11.3 Å². The van der Waals surface area contributed by atoms with Crippen molar-refractivity contribution in [2.24, 2.45) is 0 Å². The number of hydrogen-bond acceptors (Lipinski definition) is 4. The van der Waals surface area contributed by atoms with Crippen molar-refractivity contribution < 1.29 is 4.92 Å². The van der Waals surface area contributed by atoms with Crippen molar-refractivity contribution in [3.05, 3.63) is 56.3 Å². The third-order valence-corrected chi connectivity index (χ3v) is 3.20. The molecule has 0 spiro atoms. The Labute approximate surface area is 103 Å². The maximum absolute atomic E-state index is 10.7. The lowest BCUT2D eigenvalue weighted by atomic mass is 10.2. The average molecular weight is 248 g/mol. The molecule has 0 aliphatic rings. The van der Waals surface area contributed by atoms with Crippen LogP contribution in [0.25, 0.3) is 0 Å². The van der Waals surface area contributed by atoms with Crippen LogP contribution in [0.2, 0.25) is 0 Å². The van der Waals surface area contributed by atoms with Crippen LogP contribution in [0, 0.1) is 17.0 Å². The van der Waals surface area contributed by atoms with Crippen LogP contribution in [0.4, 0.5) is 11.4 Å². The fraction of sp³-hybridized carbons (Fsp3) is 0.167. The van der Waals surface area contributed by atoms with Crippen LogP contribution < -0.4 is 5.32 Å². The minimum absolute atomic E-state index is 0.158. The second-order valence-corrected chi connectivity index (χ2v) is 4.52. The van der Waals surface area contributed by atoms with Gasteiger partial charge in [-0.1, -0.05) is 0 Å². The Morgan fingerprint density at radius 2 is 2.24 bits per heavy atom. The quantitative estimate of drug-likeness (QED) is 0.664. The highest BCUT2D eigenvalue weighted by atomic mass is 32.1. The van der Waals surface area contributed by atoms with Crippen molar-refractivity contribution in [3.8, 4) is 0 Å². The Morgan fingerprint density at radius 3 is 2.82 bits per heavy atom. The van der Waals surface area contributed by atoms with E-state index >= 15 is 0 Å². The van der Waals surface area contributed by atoms with E-state index in [0.717, 1.165) is 12.2 Å². The van der Waals surface area contributed by atoms with Crippen LogP contribution in [0.3, 0.4) is 0 Å². The summed E-state index contributed by atoms with van der Waals surface area (Å²) in [6, 6.07) is 7.11. The number of nitrogens with zero attached hydrogens (tertiary/aromatic N) is 1. The first kappa shape index (κ1) is 11.6. The second kappa shape index (κ2) is 4.97. The predicted octanol–water partition coefficient (Wildman–Crippen LogP) is 3.58. The van der Waals surface area contributed by atoms with Crippen molar-refractivity contribution in [2.75, 3.05) is 5.32 Å². The first-order chi connectivity index (χ1) is 8.16. The van der Waals surface area contributed by atoms with Crippen molar-refractivity contribution >= 4 is 22.7 Å². The molecule has 2 rings (SSSR count). The molecule has 0 aliphatic carbocycles. The van der Waals surface area contributed by atoms with Crippen molar-refractivity contribution in [3.63, 3.8) is 0 Å². The second-order valence-electron chi connectivity index (χ2n) is 3.74. The lowest BCUT2D eigenvalue weighted by Crippen LogP contribution is -1.99. The number of aryl methyl sites for hydroxylation is 1. The van der Waals surface area contributed by atoms with Gasteiger partial charge in [0.2, 0.25) is 0 Å². The molecule has 0 radical (unpaired) electrons. The molecule has 88 valence electrons. The molecule has 0 bridgehead atoms. The zero-order valence-corrected chi connectivity index (χ0v) is 10.2. The summed E-state index contributed by atoms with van der Waals surface area (Å²) < 4.78 is 0. The molecule has 0 aliphatic heterocycles. The van der Waals surface area contributed by atoms with E-state index in [-0.39, 0.29) is 10.6 Å². The maximum atomic E-state index is 10.7. The van der Waals surface area contributed by atoms with E-state index in [0.29, 0.717) is 5.56 Å². The summed E-state index contributed by atoms with van der Waals surface area (Å²) >= 11 is 1.65. The van der Waals surface area contributed by atoms with Crippen LogP contribution in [-0.4, -0.2) is 4.92 Å². The third-order valence-electron chi connectivity index (χ3n) is 2.47. The number of benzene rings is 1. The summed E-state index contributed by atoms with van der Waals surface area (Å²) in [4.78, 5) is 10.3. The summed E-state index contributed by atoms with van der Waals surface area (Å²) in [6.45, 7) is 2.48. The van der Waals surface area contributed by atoms with Gasteiger partial charge in [0.25, 0.3) is 5.69 Å². The number of nitro groups is 1. The lowest BCUT2D eigenvalue weighted by Gasteiger charge is -2.06. The minimum atomic E-state index is -0.363. The SMILES string of the molecule is Cc1cc(NCc2ccsc2)ccc1[N+](=O)[O-]. The van der Waals surface area contributed by atoms with E-state index in [9.17, 15) is 10.1 Å². The molecule has 17 heavy (non-hydrogen) atoms. The lowest BCUT2D eigenvalue weighted by molar-refractivity contribution is -0.385. The predicted molar refractivity (Wildman–Crippen MR) is 69.5 cm³/mol. The Bertz CT molecular complexity index is 523. The highest BCUT2D eigenvalue weighted by Crippen LogP contribution is 2.22. The summed E-state index contributed by atoms with van der Waals surface area (Å²) in [5.41, 5.74) is 2.95. The fourth-order valence-electron chi connectivity index (χ4n) is 1.57. The van der Waals surface area contributed by atoms with Gasteiger partial charge in [-0.15, -0.1) is 0 Å². The van der Waals surface area contributed by atoms with E-state index in [1.807, 2.05) is 5.38 Å². The number of hydrogen-bond donors (Lipinski definition) is 1. The normalized spacial score (nSPS) is 10.2. The molecular weight excluding hydrogens is 236 g/mol. The molecule has 0 unspecified atom stereocenters. The molecule has 0 saturated heterocycles. The van der Waals surface area contributed by atoms with Crippen LogP contribution in [-0.2, 0) is 6.54 Å². The number of thiophene rings is 1.